The predicted molar refractivity (Wildman–Crippen MR) is 191 cm³/mol. The number of aliphatic hydroxyl groups is 1. The van der Waals surface area contributed by atoms with Gasteiger partial charge in [-0.3, -0.25) is 23.4 Å². The van der Waals surface area contributed by atoms with Crippen molar-refractivity contribution >= 4 is 25.7 Å². The van der Waals surface area contributed by atoms with Crippen LogP contribution in [0.4, 0.5) is 0 Å². The molecule has 0 heterocycles. The molecule has 0 saturated heterocycles. The van der Waals surface area contributed by atoms with Gasteiger partial charge in [-0.2, -0.15) is 0 Å². The highest BCUT2D eigenvalue weighted by molar-refractivity contribution is 7.47. The Morgan fingerprint density at radius 2 is 1.29 bits per heavy atom. The summed E-state index contributed by atoms with van der Waals surface area (Å²) in [6.07, 6.45) is 20.2. The van der Waals surface area contributed by atoms with Crippen LogP contribution in [0, 0.1) is 0 Å². The maximum atomic E-state index is 12.5. The van der Waals surface area contributed by atoms with E-state index >= 15 is 0 Å². The van der Waals surface area contributed by atoms with Gasteiger partial charge >= 0.3 is 25.7 Å². The number of esters is 2. The molecule has 2 unspecified atom stereocenters. The van der Waals surface area contributed by atoms with Gasteiger partial charge in [0.1, 0.15) is 19.8 Å². The number of carbonyl (C=O) groups is 3. The van der Waals surface area contributed by atoms with Gasteiger partial charge in [-0.15, -0.1) is 0 Å². The molecular weight excluding hydrogens is 653 g/mol. The van der Waals surface area contributed by atoms with Gasteiger partial charge in [0.2, 0.25) is 0 Å². The summed E-state index contributed by atoms with van der Waals surface area (Å²) >= 11 is 0. The van der Waals surface area contributed by atoms with E-state index < -0.39 is 44.5 Å². The van der Waals surface area contributed by atoms with Gasteiger partial charge in [-0.05, 0) is 38.5 Å². The number of rotatable bonds is 34. The molecule has 0 aromatic rings. The van der Waals surface area contributed by atoms with E-state index in [1.54, 1.807) is 6.08 Å². The highest BCUT2D eigenvalue weighted by atomic mass is 31.2. The Hall–Kier alpha value is -1.82. The first-order chi connectivity index (χ1) is 23.2. The summed E-state index contributed by atoms with van der Waals surface area (Å²) in [5, 5.41) is 18.4. The number of carbonyl (C=O) groups excluding carboxylic acids is 2. The summed E-state index contributed by atoms with van der Waals surface area (Å²) in [6.45, 7) is 1.94. The topological polar surface area (TPSA) is 166 Å². The predicted octanol–water partition coefficient (Wildman–Crippen LogP) is 7.49. The molecule has 0 aliphatic carbocycles. The smallest absolute Gasteiger partial charge is 0.472 e. The second kappa shape index (κ2) is 29.9. The lowest BCUT2D eigenvalue weighted by molar-refractivity contribution is -0.870. The van der Waals surface area contributed by atoms with Gasteiger partial charge in [-0.1, -0.05) is 96.1 Å². The summed E-state index contributed by atoms with van der Waals surface area (Å²) in [7, 11) is 1.33. The number of phosphoric ester groups is 1. The van der Waals surface area contributed by atoms with Gasteiger partial charge in [0.15, 0.2) is 6.10 Å². The molecule has 3 N–H and O–H groups in total. The van der Waals surface area contributed by atoms with Crippen molar-refractivity contribution in [1.82, 2.24) is 0 Å². The third kappa shape index (κ3) is 34.4. The number of nitrogens with zero attached hydrogens (tertiary/aromatic N) is 1. The largest absolute Gasteiger partial charge is 0.481 e. The first-order valence-electron chi connectivity index (χ1n) is 18.6. The normalized spacial score (nSPS) is 14.4. The number of aliphatic carboxylic acids is 1. The third-order valence-electron chi connectivity index (χ3n) is 7.92. The van der Waals surface area contributed by atoms with E-state index in [1.165, 1.54) is 57.8 Å². The van der Waals surface area contributed by atoms with Crippen LogP contribution in [-0.2, 0) is 37.5 Å². The Labute approximate surface area is 296 Å². The van der Waals surface area contributed by atoms with E-state index in [9.17, 15) is 28.9 Å². The minimum absolute atomic E-state index is 0.00835. The molecule has 0 aromatic carbocycles. The molecule has 0 aliphatic heterocycles. The number of unbranched alkanes of at least 4 members (excludes halogenated alkanes) is 14. The fraction of sp³-hybridized carbons (Fsp3) is 0.861. The quantitative estimate of drug-likeness (QED) is 0.0198. The van der Waals surface area contributed by atoms with Gasteiger partial charge in [0.25, 0.3) is 0 Å². The van der Waals surface area contributed by atoms with Crippen molar-refractivity contribution in [2.24, 2.45) is 0 Å². The molecule has 12 nitrogen and oxygen atoms in total. The Morgan fingerprint density at radius 1 is 0.735 bits per heavy atom. The Morgan fingerprint density at radius 3 is 1.86 bits per heavy atom. The van der Waals surface area contributed by atoms with Crippen LogP contribution in [0.2, 0.25) is 0 Å². The lowest BCUT2D eigenvalue weighted by Gasteiger charge is -2.24. The maximum Gasteiger partial charge on any atom is 0.472 e. The standard InChI is InChI=1S/C36H68NO11P/c1-5-6-7-8-9-10-11-12-13-14-15-18-21-24-35(41)45-30-33(31-47-49(43,44)46-29-28-37(2,3)4)48-36(42)25-22-19-16-17-20-23-32(38)26-27-34(39)40/h17,20,32-33,38H,5-16,18-19,21-31H2,1-4H3,(H-,39,40,43,44)/p+1/t32?,33-/m1/s1. The van der Waals surface area contributed by atoms with Crippen molar-refractivity contribution in [3.05, 3.63) is 12.2 Å². The molecule has 0 fully saturated rings. The van der Waals surface area contributed by atoms with Crippen LogP contribution in [0.1, 0.15) is 142 Å². The summed E-state index contributed by atoms with van der Waals surface area (Å²) in [5.41, 5.74) is 0. The average Bonchev–Trinajstić information content (AvgIpc) is 3.02. The number of carboxylic acid groups (broad SMARTS) is 1. The SMILES string of the molecule is CCCCCCCCCCCCCCCC(=O)OC[C@H](COP(=O)(O)OCC[N+](C)(C)C)OC(=O)CCCCC=CCC(O)CCC(=O)O. The molecule has 0 aliphatic rings. The highest BCUT2D eigenvalue weighted by Gasteiger charge is 2.27. The number of likely N-dealkylation sites (N-methyl/N-ethyl adjacent to an activating group) is 1. The highest BCUT2D eigenvalue weighted by Crippen LogP contribution is 2.43. The fourth-order valence-electron chi connectivity index (χ4n) is 4.86. The zero-order chi connectivity index (χ0) is 36.8. The van der Waals surface area contributed by atoms with Crippen LogP contribution >= 0.6 is 7.82 Å². The van der Waals surface area contributed by atoms with Crippen molar-refractivity contribution in [1.29, 1.82) is 0 Å². The lowest BCUT2D eigenvalue weighted by Crippen LogP contribution is -2.37. The van der Waals surface area contributed by atoms with Gasteiger partial charge in [-0.25, -0.2) is 4.57 Å². The molecule has 0 bridgehead atoms. The lowest BCUT2D eigenvalue weighted by atomic mass is 10.0. The van der Waals surface area contributed by atoms with Crippen LogP contribution in [0.5, 0.6) is 0 Å². The molecule has 0 spiro atoms. The molecule has 0 rings (SSSR count). The number of phosphoric acid groups is 1. The van der Waals surface area contributed by atoms with Crippen molar-refractivity contribution in [2.75, 3.05) is 47.5 Å². The van der Waals surface area contributed by atoms with Crippen molar-refractivity contribution < 1.29 is 57.1 Å². The number of aliphatic hydroxyl groups excluding tert-OH is 1. The maximum absolute atomic E-state index is 12.5. The molecule has 13 heteroatoms. The van der Waals surface area contributed by atoms with Crippen molar-refractivity contribution in [3.63, 3.8) is 0 Å². The van der Waals surface area contributed by atoms with Crippen LogP contribution in [-0.4, -0.2) is 97.2 Å². The van der Waals surface area contributed by atoms with Crippen molar-refractivity contribution in [3.8, 4) is 0 Å². The average molecular weight is 723 g/mol. The molecule has 288 valence electrons. The monoisotopic (exact) mass is 722 g/mol. The summed E-state index contributed by atoms with van der Waals surface area (Å²) in [5.74, 6) is -1.91. The van der Waals surface area contributed by atoms with E-state index in [1.807, 2.05) is 27.2 Å². The number of quaternary nitrogens is 1. The van der Waals surface area contributed by atoms with E-state index in [-0.39, 0.29) is 38.9 Å². The molecule has 0 saturated carbocycles. The van der Waals surface area contributed by atoms with Gasteiger partial charge < -0.3 is 29.1 Å². The first kappa shape index (κ1) is 47.2. The molecule has 3 atom stereocenters. The second-order valence-electron chi connectivity index (χ2n) is 13.9. The summed E-state index contributed by atoms with van der Waals surface area (Å²) < 4.78 is 33.9. The molecule has 0 aromatic heterocycles. The number of carboxylic acids is 1. The second-order valence-corrected chi connectivity index (χ2v) is 15.4. The zero-order valence-electron chi connectivity index (χ0n) is 31.0. The van der Waals surface area contributed by atoms with E-state index in [4.69, 9.17) is 23.6 Å². The van der Waals surface area contributed by atoms with Crippen LogP contribution in [0.15, 0.2) is 12.2 Å². The summed E-state index contributed by atoms with van der Waals surface area (Å²) in [4.78, 5) is 45.6. The Kier molecular flexibility index (Phi) is 28.8. The van der Waals surface area contributed by atoms with E-state index in [0.29, 0.717) is 43.1 Å². The van der Waals surface area contributed by atoms with Crippen LogP contribution < -0.4 is 0 Å². The Bertz CT molecular complexity index is 938. The molecule has 0 amide bonds. The first-order valence-corrected chi connectivity index (χ1v) is 20.1. The van der Waals surface area contributed by atoms with Crippen LogP contribution in [0.25, 0.3) is 0 Å². The minimum atomic E-state index is -4.42. The van der Waals surface area contributed by atoms with E-state index in [0.717, 1.165) is 19.3 Å². The minimum Gasteiger partial charge on any atom is -0.481 e. The molecular formula is C36H69NO11P+. The van der Waals surface area contributed by atoms with Crippen molar-refractivity contribution in [2.45, 2.75) is 154 Å². The third-order valence-corrected chi connectivity index (χ3v) is 8.91. The summed E-state index contributed by atoms with van der Waals surface area (Å²) in [6, 6.07) is 0. The number of hydrogen-bond donors (Lipinski definition) is 3. The van der Waals surface area contributed by atoms with Gasteiger partial charge in [0, 0.05) is 19.3 Å². The molecule has 49 heavy (non-hydrogen) atoms. The van der Waals surface area contributed by atoms with Crippen LogP contribution in [0.3, 0.4) is 0 Å². The number of hydrogen-bond acceptors (Lipinski definition) is 9. The van der Waals surface area contributed by atoms with E-state index in [2.05, 4.69) is 6.92 Å². The number of ether oxygens (including phenoxy) is 2. The Balaban J connectivity index is 4.51. The number of allylic oxidation sites excluding steroid dienone is 1. The zero-order valence-corrected chi connectivity index (χ0v) is 31.9. The molecule has 0 radical (unpaired) electrons. The fourth-order valence-corrected chi connectivity index (χ4v) is 5.60. The van der Waals surface area contributed by atoms with Gasteiger partial charge in [0.05, 0.1) is 33.9 Å².